The Morgan fingerprint density at radius 2 is 2.00 bits per heavy atom. The number of hydrogen-bond acceptors (Lipinski definition) is 0. The third-order valence-electron chi connectivity index (χ3n) is 0.0505. The highest BCUT2D eigenvalue weighted by Gasteiger charge is 1.61. The molecule has 0 aliphatic rings. The second-order valence-electron chi connectivity index (χ2n) is 0.267. The SMILES string of the molecule is [2H]C([2H])(Cl)CCl. The molecule has 0 bridgehead atoms. The lowest BCUT2D eigenvalue weighted by molar-refractivity contribution is 1.52. The van der Waals surface area contributed by atoms with E-state index in [-0.39, 0.29) is 5.88 Å². The predicted octanol–water partition coefficient (Wildman–Crippen LogP) is 1.46. The molecule has 0 radical (unpaired) electrons. The van der Waals surface area contributed by atoms with E-state index in [1.54, 1.807) is 0 Å². The molecule has 0 unspecified atom stereocenters. The molecule has 4 heavy (non-hydrogen) atoms. The molecule has 0 heterocycles. The van der Waals surface area contributed by atoms with Crippen LogP contribution in [0, 0.1) is 0 Å². The van der Waals surface area contributed by atoms with Crippen molar-refractivity contribution in [3.8, 4) is 0 Å². The van der Waals surface area contributed by atoms with Gasteiger partial charge in [0, 0.05) is 14.5 Å². The van der Waals surface area contributed by atoms with Crippen LogP contribution in [0.15, 0.2) is 0 Å². The van der Waals surface area contributed by atoms with Crippen molar-refractivity contribution in [2.24, 2.45) is 0 Å². The molecule has 0 aliphatic carbocycles. The third-order valence-corrected chi connectivity index (χ3v) is 0.455. The van der Waals surface area contributed by atoms with Gasteiger partial charge < -0.3 is 0 Å². The zero-order valence-corrected chi connectivity index (χ0v) is 3.47. The van der Waals surface area contributed by atoms with Crippen LogP contribution in [0.3, 0.4) is 0 Å². The van der Waals surface area contributed by atoms with Gasteiger partial charge in [-0.2, -0.15) is 0 Å². The van der Waals surface area contributed by atoms with Gasteiger partial charge in [-0.25, -0.2) is 0 Å². The molecular formula is C2H4Cl2. The molecule has 0 aromatic rings. The normalized spacial score (nSPS) is 18.5. The summed E-state index contributed by atoms with van der Waals surface area (Å²) in [6.45, 7) is 0. The van der Waals surface area contributed by atoms with Crippen molar-refractivity contribution in [2.45, 2.75) is 0 Å². The van der Waals surface area contributed by atoms with Crippen molar-refractivity contribution in [3.63, 3.8) is 0 Å². The van der Waals surface area contributed by atoms with Gasteiger partial charge in [0.2, 0.25) is 0 Å². The molecule has 0 atom stereocenters. The van der Waals surface area contributed by atoms with Crippen LogP contribution >= 0.6 is 23.2 Å². The van der Waals surface area contributed by atoms with E-state index >= 15 is 0 Å². The molecule has 0 aromatic heterocycles. The molecule has 0 aliphatic heterocycles. The quantitative estimate of drug-likeness (QED) is 0.438. The lowest BCUT2D eigenvalue weighted by atomic mass is 11.0. The summed E-state index contributed by atoms with van der Waals surface area (Å²) in [7, 11) is 0. The Bertz CT molecular complexity index is 39.3. The van der Waals surface area contributed by atoms with E-state index in [9.17, 15) is 0 Å². The standard InChI is InChI=1S/C2H4Cl2/c3-1-2-4/h1-2H2/i1D2. The zero-order valence-electron chi connectivity index (χ0n) is 3.96. The van der Waals surface area contributed by atoms with E-state index in [0.717, 1.165) is 0 Å². The summed E-state index contributed by atoms with van der Waals surface area (Å²) in [6, 6.07) is 0. The maximum absolute atomic E-state index is 6.48. The summed E-state index contributed by atoms with van der Waals surface area (Å²) >= 11 is 9.89. The number of alkyl halides is 2. The molecule has 0 fully saturated rings. The molecule has 0 nitrogen and oxygen atoms in total. The van der Waals surface area contributed by atoms with Crippen LogP contribution in [0.25, 0.3) is 0 Å². The first-order chi connectivity index (χ1) is 2.56. The minimum absolute atomic E-state index is 0.158. The number of rotatable bonds is 1. The summed E-state index contributed by atoms with van der Waals surface area (Å²) in [5.74, 6) is -1.88. The van der Waals surface area contributed by atoms with Crippen molar-refractivity contribution < 1.29 is 2.74 Å². The maximum Gasteiger partial charge on any atom is 0.0448 e. The van der Waals surface area contributed by atoms with E-state index < -0.39 is 5.83 Å². The Kier molecular flexibility index (Phi) is 1.69. The van der Waals surface area contributed by atoms with Gasteiger partial charge >= 0.3 is 0 Å². The number of halogens is 2. The topological polar surface area (TPSA) is 0 Å². The fourth-order valence-corrected chi connectivity index (χ4v) is 0. The molecule has 0 aromatic carbocycles. The van der Waals surface area contributed by atoms with E-state index in [0.29, 0.717) is 0 Å². The monoisotopic (exact) mass is 100.0 g/mol. The predicted molar refractivity (Wildman–Crippen MR) is 21.4 cm³/mol. The van der Waals surface area contributed by atoms with Gasteiger partial charge in [0.25, 0.3) is 0 Å². The Hall–Kier alpha value is 0.580. The fraction of sp³-hybridized carbons (Fsp3) is 1.00. The molecule has 0 spiro atoms. The highest BCUT2D eigenvalue weighted by Crippen LogP contribution is 1.75. The zero-order chi connectivity index (χ0) is 5.21. The Labute approximate surface area is 38.5 Å². The summed E-state index contributed by atoms with van der Waals surface area (Å²) < 4.78 is 13.0. The second kappa shape index (κ2) is 3.58. The van der Waals surface area contributed by atoms with Crippen LogP contribution in [-0.4, -0.2) is 11.7 Å². The summed E-state index contributed by atoms with van der Waals surface area (Å²) in [6.07, 6.45) is 0. The van der Waals surface area contributed by atoms with Crippen molar-refractivity contribution >= 4 is 23.2 Å². The molecule has 0 amide bonds. The molecule has 26 valence electrons. The lowest BCUT2D eigenvalue weighted by Crippen LogP contribution is -1.63. The van der Waals surface area contributed by atoms with Gasteiger partial charge in [-0.15, -0.1) is 23.2 Å². The Morgan fingerprint density at radius 3 is 2.00 bits per heavy atom. The van der Waals surface area contributed by atoms with Crippen LogP contribution in [0.1, 0.15) is 2.74 Å². The average molecular weight is 101 g/mol. The van der Waals surface area contributed by atoms with Crippen molar-refractivity contribution in [3.05, 3.63) is 0 Å². The van der Waals surface area contributed by atoms with Crippen molar-refractivity contribution in [2.75, 3.05) is 11.7 Å². The molecule has 0 N–H and O–H groups in total. The van der Waals surface area contributed by atoms with Crippen LogP contribution < -0.4 is 0 Å². The van der Waals surface area contributed by atoms with Gasteiger partial charge in [0.05, 0.1) is 0 Å². The highest BCUT2D eigenvalue weighted by atomic mass is 35.5. The molecule has 2 heteroatoms. The van der Waals surface area contributed by atoms with E-state index in [4.69, 9.17) is 25.9 Å². The van der Waals surface area contributed by atoms with Gasteiger partial charge in [-0.1, -0.05) is 0 Å². The molecular weight excluding hydrogens is 94.9 g/mol. The Morgan fingerprint density at radius 1 is 1.75 bits per heavy atom. The third kappa shape index (κ3) is 2.58. The van der Waals surface area contributed by atoms with E-state index in [1.165, 1.54) is 0 Å². The van der Waals surface area contributed by atoms with Crippen LogP contribution in [0.4, 0.5) is 0 Å². The van der Waals surface area contributed by atoms with Crippen LogP contribution in [0.2, 0.25) is 0 Å². The molecule has 0 rings (SSSR count). The smallest absolute Gasteiger partial charge is 0.0448 e. The summed E-state index contributed by atoms with van der Waals surface area (Å²) in [5, 5.41) is 0. The average Bonchev–Trinajstić information content (AvgIpc) is 1.35. The van der Waals surface area contributed by atoms with Crippen LogP contribution in [0.5, 0.6) is 0 Å². The summed E-state index contributed by atoms with van der Waals surface area (Å²) in [5.41, 5.74) is 0. The lowest BCUT2D eigenvalue weighted by Gasteiger charge is -1.63. The summed E-state index contributed by atoms with van der Waals surface area (Å²) in [4.78, 5) is 0. The van der Waals surface area contributed by atoms with Crippen LogP contribution in [-0.2, 0) is 0 Å². The first kappa shape index (κ1) is 1.89. The van der Waals surface area contributed by atoms with Crippen molar-refractivity contribution in [1.29, 1.82) is 0 Å². The van der Waals surface area contributed by atoms with Gasteiger partial charge in [-0.3, -0.25) is 0 Å². The Balaban J connectivity index is 3.17. The largest absolute Gasteiger partial charge is 0.125 e. The second-order valence-corrected chi connectivity index (χ2v) is 0.802. The van der Waals surface area contributed by atoms with Gasteiger partial charge in [0.15, 0.2) is 0 Å². The minimum Gasteiger partial charge on any atom is -0.125 e. The highest BCUT2D eigenvalue weighted by molar-refractivity contribution is 6.25. The minimum atomic E-state index is -1.72. The molecule has 0 saturated carbocycles. The maximum atomic E-state index is 6.48. The van der Waals surface area contributed by atoms with Gasteiger partial charge in [0.1, 0.15) is 0 Å². The number of hydrogen-bond donors (Lipinski definition) is 0. The first-order valence-corrected chi connectivity index (χ1v) is 1.72. The fourth-order valence-electron chi connectivity index (χ4n) is 0. The first-order valence-electron chi connectivity index (χ1n) is 1.81. The van der Waals surface area contributed by atoms with Gasteiger partial charge in [-0.05, 0) is 0 Å². The van der Waals surface area contributed by atoms with Crippen molar-refractivity contribution in [1.82, 2.24) is 0 Å². The van der Waals surface area contributed by atoms with E-state index in [1.807, 2.05) is 0 Å². The van der Waals surface area contributed by atoms with E-state index in [2.05, 4.69) is 0 Å². The molecule has 0 saturated heterocycles.